The van der Waals surface area contributed by atoms with Crippen LogP contribution in [0.1, 0.15) is 35.7 Å². The minimum Gasteiger partial charge on any atom is -0.460 e. The molecule has 3 heteroatoms. The molecular weight excluding hydrogens is 216 g/mol. The maximum absolute atomic E-state index is 11.6. The Morgan fingerprint density at radius 2 is 1.82 bits per heavy atom. The predicted octanol–water partition coefficient (Wildman–Crippen LogP) is 2.97. The van der Waals surface area contributed by atoms with E-state index >= 15 is 0 Å². The third-order valence-corrected chi connectivity index (χ3v) is 2.39. The van der Waals surface area contributed by atoms with Gasteiger partial charge < -0.3 is 9.47 Å². The Labute approximate surface area is 103 Å². The zero-order valence-corrected chi connectivity index (χ0v) is 10.6. The van der Waals surface area contributed by atoms with Crippen molar-refractivity contribution in [1.82, 2.24) is 0 Å². The Hall–Kier alpha value is -1.35. The van der Waals surface area contributed by atoms with Crippen molar-refractivity contribution in [2.45, 2.75) is 26.7 Å². The van der Waals surface area contributed by atoms with E-state index in [1.807, 2.05) is 19.1 Å². The number of carbonyl (C=O) groups excluding carboxylic acids is 1. The van der Waals surface area contributed by atoms with Gasteiger partial charge in [-0.15, -0.1) is 0 Å². The summed E-state index contributed by atoms with van der Waals surface area (Å²) in [5.41, 5.74) is 1.72. The average molecular weight is 236 g/mol. The highest BCUT2D eigenvalue weighted by atomic mass is 16.6. The number of carbonyl (C=O) groups is 1. The van der Waals surface area contributed by atoms with Gasteiger partial charge in [-0.3, -0.25) is 0 Å². The summed E-state index contributed by atoms with van der Waals surface area (Å²) in [6, 6.07) is 7.34. The lowest BCUT2D eigenvalue weighted by atomic mass is 10.1. The third kappa shape index (κ3) is 5.50. The standard InChI is InChI=1S/C14H20O3/c1-3-4-9-16-10-11-17-14(15)13-7-5-12(2)6-8-13/h5-8H,3-4,9-11H2,1-2H3. The highest BCUT2D eigenvalue weighted by Crippen LogP contribution is 2.04. The summed E-state index contributed by atoms with van der Waals surface area (Å²) in [7, 11) is 0. The van der Waals surface area contributed by atoms with Crippen molar-refractivity contribution in [1.29, 1.82) is 0 Å². The van der Waals surface area contributed by atoms with Crippen molar-refractivity contribution < 1.29 is 14.3 Å². The summed E-state index contributed by atoms with van der Waals surface area (Å²) in [5.74, 6) is -0.288. The maximum atomic E-state index is 11.6. The number of hydrogen-bond acceptors (Lipinski definition) is 3. The second kappa shape index (κ2) is 7.85. The number of hydrogen-bond donors (Lipinski definition) is 0. The molecule has 0 amide bonds. The molecule has 3 nitrogen and oxygen atoms in total. The average Bonchev–Trinajstić information content (AvgIpc) is 2.34. The Morgan fingerprint density at radius 1 is 1.12 bits per heavy atom. The first-order valence-electron chi connectivity index (χ1n) is 6.05. The van der Waals surface area contributed by atoms with Crippen LogP contribution in [0.15, 0.2) is 24.3 Å². The molecule has 0 aliphatic rings. The molecule has 0 N–H and O–H groups in total. The largest absolute Gasteiger partial charge is 0.460 e. The zero-order valence-electron chi connectivity index (χ0n) is 10.6. The molecule has 0 saturated heterocycles. The first-order valence-corrected chi connectivity index (χ1v) is 6.05. The summed E-state index contributed by atoms with van der Waals surface area (Å²) in [6.45, 7) is 5.62. The van der Waals surface area contributed by atoms with Crippen LogP contribution in [0, 0.1) is 6.92 Å². The number of esters is 1. The van der Waals surface area contributed by atoms with Crippen LogP contribution in [0.4, 0.5) is 0 Å². The van der Waals surface area contributed by atoms with Crippen molar-refractivity contribution in [3.8, 4) is 0 Å². The molecule has 0 radical (unpaired) electrons. The summed E-state index contributed by atoms with van der Waals surface area (Å²) in [4.78, 5) is 11.6. The lowest BCUT2D eigenvalue weighted by molar-refractivity contribution is 0.0314. The fourth-order valence-electron chi connectivity index (χ4n) is 1.31. The van der Waals surface area contributed by atoms with E-state index in [4.69, 9.17) is 9.47 Å². The van der Waals surface area contributed by atoms with Crippen LogP contribution in [0.25, 0.3) is 0 Å². The molecule has 1 rings (SSSR count). The van der Waals surface area contributed by atoms with E-state index in [1.165, 1.54) is 0 Å². The zero-order chi connectivity index (χ0) is 12.5. The Kier molecular flexibility index (Phi) is 6.33. The number of ether oxygens (including phenoxy) is 2. The summed E-state index contributed by atoms with van der Waals surface area (Å²) >= 11 is 0. The highest BCUT2D eigenvalue weighted by Gasteiger charge is 2.05. The lowest BCUT2D eigenvalue weighted by Gasteiger charge is -2.05. The van der Waals surface area contributed by atoms with Crippen LogP contribution < -0.4 is 0 Å². The quantitative estimate of drug-likeness (QED) is 0.539. The second-order valence-electron chi connectivity index (χ2n) is 3.97. The van der Waals surface area contributed by atoms with E-state index in [-0.39, 0.29) is 5.97 Å². The fraction of sp³-hybridized carbons (Fsp3) is 0.500. The molecule has 1 aromatic rings. The highest BCUT2D eigenvalue weighted by molar-refractivity contribution is 5.89. The molecule has 0 saturated carbocycles. The maximum Gasteiger partial charge on any atom is 0.338 e. The van der Waals surface area contributed by atoms with E-state index in [0.29, 0.717) is 18.8 Å². The lowest BCUT2D eigenvalue weighted by Crippen LogP contribution is -2.11. The molecule has 0 atom stereocenters. The normalized spacial score (nSPS) is 10.2. The van der Waals surface area contributed by atoms with Gasteiger partial charge in [0, 0.05) is 6.61 Å². The molecule has 0 heterocycles. The number of aryl methyl sites for hydroxylation is 1. The smallest absolute Gasteiger partial charge is 0.338 e. The summed E-state index contributed by atoms with van der Waals surface area (Å²) < 4.78 is 10.4. The molecule has 0 aliphatic carbocycles. The third-order valence-electron chi connectivity index (χ3n) is 2.39. The molecule has 0 unspecified atom stereocenters. The molecule has 0 aliphatic heterocycles. The van der Waals surface area contributed by atoms with Crippen molar-refractivity contribution in [3.05, 3.63) is 35.4 Å². The topological polar surface area (TPSA) is 35.5 Å². The van der Waals surface area contributed by atoms with Gasteiger partial charge in [0.1, 0.15) is 6.61 Å². The number of unbranched alkanes of at least 4 members (excludes halogenated alkanes) is 1. The van der Waals surface area contributed by atoms with E-state index in [0.717, 1.165) is 25.0 Å². The first-order chi connectivity index (χ1) is 8.24. The van der Waals surface area contributed by atoms with Gasteiger partial charge in [-0.25, -0.2) is 4.79 Å². The van der Waals surface area contributed by atoms with Crippen molar-refractivity contribution in [2.24, 2.45) is 0 Å². The molecule has 94 valence electrons. The first kappa shape index (κ1) is 13.7. The van der Waals surface area contributed by atoms with Crippen LogP contribution in [0.5, 0.6) is 0 Å². The Bertz CT molecular complexity index is 330. The van der Waals surface area contributed by atoms with Gasteiger partial charge in [-0.1, -0.05) is 31.0 Å². The van der Waals surface area contributed by atoms with Gasteiger partial charge in [0.05, 0.1) is 12.2 Å². The van der Waals surface area contributed by atoms with Crippen molar-refractivity contribution >= 4 is 5.97 Å². The van der Waals surface area contributed by atoms with Gasteiger partial charge in [0.2, 0.25) is 0 Å². The minimum atomic E-state index is -0.288. The van der Waals surface area contributed by atoms with Gasteiger partial charge in [0.25, 0.3) is 0 Å². The Morgan fingerprint density at radius 3 is 2.47 bits per heavy atom. The summed E-state index contributed by atoms with van der Waals surface area (Å²) in [5, 5.41) is 0. The Balaban J connectivity index is 2.19. The van der Waals surface area contributed by atoms with E-state index in [1.54, 1.807) is 12.1 Å². The SMILES string of the molecule is CCCCOCCOC(=O)c1ccc(C)cc1. The van der Waals surface area contributed by atoms with E-state index < -0.39 is 0 Å². The van der Waals surface area contributed by atoms with Crippen LogP contribution in [0.2, 0.25) is 0 Å². The van der Waals surface area contributed by atoms with Crippen LogP contribution in [-0.4, -0.2) is 25.8 Å². The van der Waals surface area contributed by atoms with Crippen LogP contribution >= 0.6 is 0 Å². The van der Waals surface area contributed by atoms with E-state index in [9.17, 15) is 4.79 Å². The minimum absolute atomic E-state index is 0.288. The molecule has 0 bridgehead atoms. The fourth-order valence-corrected chi connectivity index (χ4v) is 1.31. The molecule has 0 spiro atoms. The van der Waals surface area contributed by atoms with Gasteiger partial charge in [-0.2, -0.15) is 0 Å². The van der Waals surface area contributed by atoms with Crippen LogP contribution in [-0.2, 0) is 9.47 Å². The van der Waals surface area contributed by atoms with Gasteiger partial charge in [-0.05, 0) is 25.5 Å². The molecular formula is C14H20O3. The molecule has 17 heavy (non-hydrogen) atoms. The van der Waals surface area contributed by atoms with E-state index in [2.05, 4.69) is 6.92 Å². The predicted molar refractivity (Wildman–Crippen MR) is 67.2 cm³/mol. The van der Waals surface area contributed by atoms with Crippen LogP contribution in [0.3, 0.4) is 0 Å². The monoisotopic (exact) mass is 236 g/mol. The number of benzene rings is 1. The summed E-state index contributed by atoms with van der Waals surface area (Å²) in [6.07, 6.45) is 2.16. The van der Waals surface area contributed by atoms with Gasteiger partial charge >= 0.3 is 5.97 Å². The molecule has 1 aromatic carbocycles. The number of rotatable bonds is 7. The molecule has 0 aromatic heterocycles. The second-order valence-corrected chi connectivity index (χ2v) is 3.97. The van der Waals surface area contributed by atoms with Crippen molar-refractivity contribution in [2.75, 3.05) is 19.8 Å². The molecule has 0 fully saturated rings. The van der Waals surface area contributed by atoms with Crippen molar-refractivity contribution in [3.63, 3.8) is 0 Å². The van der Waals surface area contributed by atoms with Gasteiger partial charge in [0.15, 0.2) is 0 Å².